The van der Waals surface area contributed by atoms with E-state index in [1.807, 2.05) is 0 Å². The number of likely N-dealkylation sites (tertiary alicyclic amines) is 1. The number of rotatable bonds is 4. The number of nitrogen functional groups attached to an aromatic ring is 1. The van der Waals surface area contributed by atoms with Crippen LogP contribution in [-0.2, 0) is 10.0 Å². The molecule has 0 spiro atoms. The van der Waals surface area contributed by atoms with Gasteiger partial charge in [0.1, 0.15) is 5.69 Å². The SMILES string of the molecule is CCS(=O)(=O)NC1CCN(C(=O)c2ccc(N)cn2)CC1. The summed E-state index contributed by atoms with van der Waals surface area (Å²) in [5.41, 5.74) is 6.41. The van der Waals surface area contributed by atoms with Crippen molar-refractivity contribution in [3.05, 3.63) is 24.0 Å². The minimum absolute atomic E-state index is 0.0709. The maximum absolute atomic E-state index is 12.2. The molecule has 0 bridgehead atoms. The zero-order chi connectivity index (χ0) is 15.5. The maximum atomic E-state index is 12.2. The fraction of sp³-hybridized carbons (Fsp3) is 0.538. The first-order valence-corrected chi connectivity index (χ1v) is 8.57. The Balaban J connectivity index is 1.92. The molecule has 1 aromatic heterocycles. The zero-order valence-corrected chi connectivity index (χ0v) is 12.8. The van der Waals surface area contributed by atoms with Crippen molar-refractivity contribution in [2.45, 2.75) is 25.8 Å². The van der Waals surface area contributed by atoms with Crippen molar-refractivity contribution in [3.8, 4) is 0 Å². The summed E-state index contributed by atoms with van der Waals surface area (Å²) in [5.74, 6) is -0.0755. The fourth-order valence-corrected chi connectivity index (χ4v) is 3.14. The highest BCUT2D eigenvalue weighted by molar-refractivity contribution is 7.89. The molecule has 2 rings (SSSR count). The number of piperidine rings is 1. The second kappa shape index (κ2) is 6.40. The van der Waals surface area contributed by atoms with E-state index < -0.39 is 10.0 Å². The third-order valence-corrected chi connectivity index (χ3v) is 4.97. The second-order valence-electron chi connectivity index (χ2n) is 5.06. The number of sulfonamides is 1. The molecule has 1 amide bonds. The molecule has 0 saturated carbocycles. The van der Waals surface area contributed by atoms with E-state index in [0.29, 0.717) is 37.3 Å². The fourth-order valence-electron chi connectivity index (χ4n) is 2.23. The highest BCUT2D eigenvalue weighted by atomic mass is 32.2. The van der Waals surface area contributed by atoms with Crippen molar-refractivity contribution in [2.24, 2.45) is 0 Å². The smallest absolute Gasteiger partial charge is 0.272 e. The number of nitrogens with two attached hydrogens (primary N) is 1. The number of nitrogens with one attached hydrogen (secondary N) is 1. The molecule has 0 unspecified atom stereocenters. The van der Waals surface area contributed by atoms with E-state index in [1.54, 1.807) is 24.0 Å². The molecule has 0 atom stereocenters. The summed E-state index contributed by atoms with van der Waals surface area (Å²) in [6, 6.07) is 3.14. The van der Waals surface area contributed by atoms with E-state index in [1.165, 1.54) is 6.20 Å². The summed E-state index contributed by atoms with van der Waals surface area (Å²) in [7, 11) is -3.19. The number of carbonyl (C=O) groups is 1. The van der Waals surface area contributed by atoms with Gasteiger partial charge in [-0.1, -0.05) is 0 Å². The van der Waals surface area contributed by atoms with Crippen LogP contribution in [0, 0.1) is 0 Å². The Bertz CT molecular complexity index is 592. The van der Waals surface area contributed by atoms with E-state index >= 15 is 0 Å². The normalized spacial score (nSPS) is 16.9. The summed E-state index contributed by atoms with van der Waals surface area (Å²) in [6.07, 6.45) is 2.68. The number of nitrogens with zero attached hydrogens (tertiary/aromatic N) is 2. The number of hydrogen-bond donors (Lipinski definition) is 2. The van der Waals surface area contributed by atoms with Gasteiger partial charge in [0.25, 0.3) is 5.91 Å². The Morgan fingerprint density at radius 3 is 2.62 bits per heavy atom. The first-order chi connectivity index (χ1) is 9.91. The molecule has 8 heteroatoms. The van der Waals surface area contributed by atoms with Gasteiger partial charge in [0.15, 0.2) is 0 Å². The van der Waals surface area contributed by atoms with Crippen LogP contribution in [0.5, 0.6) is 0 Å². The standard InChI is InChI=1S/C13H20N4O3S/c1-2-21(19,20)16-11-5-7-17(8-6-11)13(18)12-4-3-10(14)9-15-12/h3-4,9,11,16H,2,5-8,14H2,1H3. The Kier molecular flexibility index (Phi) is 4.79. The van der Waals surface area contributed by atoms with Crippen molar-refractivity contribution in [3.63, 3.8) is 0 Å². The quantitative estimate of drug-likeness (QED) is 0.826. The molecule has 2 heterocycles. The van der Waals surface area contributed by atoms with Crippen molar-refractivity contribution in [2.75, 3.05) is 24.6 Å². The van der Waals surface area contributed by atoms with Crippen molar-refractivity contribution < 1.29 is 13.2 Å². The van der Waals surface area contributed by atoms with Gasteiger partial charge in [0.2, 0.25) is 10.0 Å². The number of hydrogen-bond acceptors (Lipinski definition) is 5. The van der Waals surface area contributed by atoms with Crippen molar-refractivity contribution >= 4 is 21.6 Å². The number of pyridine rings is 1. The molecule has 3 N–H and O–H groups in total. The average Bonchev–Trinajstić information content (AvgIpc) is 2.48. The Morgan fingerprint density at radius 2 is 2.10 bits per heavy atom. The Hall–Kier alpha value is -1.67. The van der Waals surface area contributed by atoms with Crippen LogP contribution in [0.25, 0.3) is 0 Å². The van der Waals surface area contributed by atoms with Crippen molar-refractivity contribution in [1.29, 1.82) is 0 Å². The molecule has 21 heavy (non-hydrogen) atoms. The van der Waals surface area contributed by atoms with E-state index in [9.17, 15) is 13.2 Å². The summed E-state index contributed by atoms with van der Waals surface area (Å²) < 4.78 is 25.7. The zero-order valence-electron chi connectivity index (χ0n) is 11.9. The van der Waals surface area contributed by atoms with Gasteiger partial charge in [-0.2, -0.15) is 0 Å². The van der Waals surface area contributed by atoms with Crippen LogP contribution < -0.4 is 10.5 Å². The first kappa shape index (κ1) is 15.7. The predicted molar refractivity (Wildman–Crippen MR) is 80.2 cm³/mol. The first-order valence-electron chi connectivity index (χ1n) is 6.92. The molecule has 116 valence electrons. The molecule has 1 aromatic rings. The predicted octanol–water partition coefficient (Wildman–Crippen LogP) is 0.208. The lowest BCUT2D eigenvalue weighted by molar-refractivity contribution is 0.0705. The second-order valence-corrected chi connectivity index (χ2v) is 7.11. The Labute approximate surface area is 124 Å². The van der Waals surface area contributed by atoms with Crippen LogP contribution in [0.15, 0.2) is 18.3 Å². The van der Waals surface area contributed by atoms with E-state index in [2.05, 4.69) is 9.71 Å². The van der Waals surface area contributed by atoms with Crippen LogP contribution in [0.3, 0.4) is 0 Å². The highest BCUT2D eigenvalue weighted by Crippen LogP contribution is 2.14. The van der Waals surface area contributed by atoms with Crippen LogP contribution >= 0.6 is 0 Å². The van der Waals surface area contributed by atoms with Crippen molar-refractivity contribution in [1.82, 2.24) is 14.6 Å². The molecule has 0 aliphatic carbocycles. The molecular weight excluding hydrogens is 292 g/mol. The summed E-state index contributed by atoms with van der Waals surface area (Å²) in [4.78, 5) is 18.0. The van der Waals surface area contributed by atoms with Crippen LogP contribution in [0.1, 0.15) is 30.3 Å². The average molecular weight is 312 g/mol. The summed E-state index contributed by atoms with van der Waals surface area (Å²) in [5, 5.41) is 0. The summed E-state index contributed by atoms with van der Waals surface area (Å²) in [6.45, 7) is 2.64. The number of aromatic nitrogens is 1. The van der Waals surface area contributed by atoms with E-state index in [4.69, 9.17) is 5.73 Å². The monoisotopic (exact) mass is 312 g/mol. The maximum Gasteiger partial charge on any atom is 0.272 e. The van der Waals surface area contributed by atoms with Gasteiger partial charge in [-0.3, -0.25) is 4.79 Å². The lowest BCUT2D eigenvalue weighted by Crippen LogP contribution is -2.47. The van der Waals surface area contributed by atoms with Gasteiger partial charge in [0, 0.05) is 19.1 Å². The van der Waals surface area contributed by atoms with Gasteiger partial charge in [-0.15, -0.1) is 0 Å². The molecular formula is C13H20N4O3S. The lowest BCUT2D eigenvalue weighted by Gasteiger charge is -2.32. The van der Waals surface area contributed by atoms with Crippen LogP contribution in [0.2, 0.25) is 0 Å². The van der Waals surface area contributed by atoms with Gasteiger partial charge in [-0.05, 0) is 31.9 Å². The topological polar surface area (TPSA) is 105 Å². The lowest BCUT2D eigenvalue weighted by atomic mass is 10.1. The van der Waals surface area contributed by atoms with E-state index in [-0.39, 0.29) is 17.7 Å². The molecule has 1 fully saturated rings. The van der Waals surface area contributed by atoms with Gasteiger partial charge < -0.3 is 10.6 Å². The minimum atomic E-state index is -3.19. The van der Waals surface area contributed by atoms with Crippen LogP contribution in [-0.4, -0.2) is 49.1 Å². The van der Waals surface area contributed by atoms with Crippen LogP contribution in [0.4, 0.5) is 5.69 Å². The number of carbonyl (C=O) groups excluding carboxylic acids is 1. The van der Waals surface area contributed by atoms with E-state index in [0.717, 1.165) is 0 Å². The van der Waals surface area contributed by atoms with Gasteiger partial charge in [-0.25, -0.2) is 18.1 Å². The third-order valence-electron chi connectivity index (χ3n) is 3.51. The Morgan fingerprint density at radius 1 is 1.43 bits per heavy atom. The molecule has 0 aromatic carbocycles. The molecule has 0 radical (unpaired) electrons. The highest BCUT2D eigenvalue weighted by Gasteiger charge is 2.26. The molecule has 1 aliphatic heterocycles. The third kappa shape index (κ3) is 4.15. The van der Waals surface area contributed by atoms with Gasteiger partial charge >= 0.3 is 0 Å². The molecule has 1 aliphatic rings. The number of amides is 1. The van der Waals surface area contributed by atoms with Gasteiger partial charge in [0.05, 0.1) is 17.6 Å². The molecule has 1 saturated heterocycles. The summed E-state index contributed by atoms with van der Waals surface area (Å²) >= 11 is 0. The number of anilines is 1. The molecule has 7 nitrogen and oxygen atoms in total. The minimum Gasteiger partial charge on any atom is -0.397 e. The largest absolute Gasteiger partial charge is 0.397 e.